The molecular weight excluding hydrogens is 186 g/mol. The third kappa shape index (κ3) is 5.53. The molecule has 2 heteroatoms. The monoisotopic (exact) mass is 213 g/mol. The molecule has 0 aromatic rings. The predicted molar refractivity (Wildman–Crippen MR) is 64.9 cm³/mol. The Morgan fingerprint density at radius 2 is 1.60 bits per heavy atom. The van der Waals surface area contributed by atoms with Crippen LogP contribution in [0.2, 0.25) is 0 Å². The summed E-state index contributed by atoms with van der Waals surface area (Å²) in [6.45, 7) is 9.50. The van der Waals surface area contributed by atoms with Gasteiger partial charge in [0.1, 0.15) is 0 Å². The van der Waals surface area contributed by atoms with E-state index in [-0.39, 0.29) is 0 Å². The van der Waals surface area contributed by atoms with Crippen molar-refractivity contribution in [1.29, 1.82) is 0 Å². The average molecular weight is 213 g/mol. The smallest absolute Gasteiger partial charge is 0.0776 e. The maximum atomic E-state index is 10.6. The fourth-order valence-corrected chi connectivity index (χ4v) is 2.37. The third-order valence-electron chi connectivity index (χ3n) is 2.87. The van der Waals surface area contributed by atoms with E-state index < -0.39 is 5.60 Å². The molecule has 15 heavy (non-hydrogen) atoms. The van der Waals surface area contributed by atoms with Crippen molar-refractivity contribution in [2.75, 3.05) is 6.54 Å². The molecule has 0 amide bonds. The van der Waals surface area contributed by atoms with E-state index in [1.807, 2.05) is 0 Å². The maximum absolute atomic E-state index is 10.6. The maximum Gasteiger partial charge on any atom is 0.0776 e. The molecule has 0 atom stereocenters. The highest BCUT2D eigenvalue weighted by molar-refractivity contribution is 4.88. The molecule has 0 unspecified atom stereocenters. The van der Waals surface area contributed by atoms with Crippen molar-refractivity contribution in [2.24, 2.45) is 11.8 Å². The second-order valence-electron chi connectivity index (χ2n) is 6.08. The summed E-state index contributed by atoms with van der Waals surface area (Å²) in [4.78, 5) is 0. The highest BCUT2D eigenvalue weighted by Gasteiger charge is 2.31. The first-order valence-electron chi connectivity index (χ1n) is 6.37. The molecule has 0 radical (unpaired) electrons. The van der Waals surface area contributed by atoms with E-state index >= 15 is 0 Å². The van der Waals surface area contributed by atoms with Crippen molar-refractivity contribution in [2.45, 2.75) is 65.0 Å². The van der Waals surface area contributed by atoms with Crippen LogP contribution in [0.3, 0.4) is 0 Å². The Morgan fingerprint density at radius 3 is 1.93 bits per heavy atom. The van der Waals surface area contributed by atoms with Gasteiger partial charge in [-0.25, -0.2) is 0 Å². The Kier molecular flexibility index (Phi) is 4.60. The first-order chi connectivity index (χ1) is 6.91. The van der Waals surface area contributed by atoms with Gasteiger partial charge < -0.3 is 10.4 Å². The van der Waals surface area contributed by atoms with Crippen LogP contribution in [-0.2, 0) is 0 Å². The largest absolute Gasteiger partial charge is 0.389 e. The van der Waals surface area contributed by atoms with Crippen LogP contribution >= 0.6 is 0 Å². The Balaban J connectivity index is 2.40. The van der Waals surface area contributed by atoms with Gasteiger partial charge in [0, 0.05) is 12.6 Å². The van der Waals surface area contributed by atoms with Crippen molar-refractivity contribution < 1.29 is 5.11 Å². The SMILES string of the molecule is CC(C)CC(O)(CNC1CC1)CC(C)C. The number of hydrogen-bond donors (Lipinski definition) is 2. The van der Waals surface area contributed by atoms with Gasteiger partial charge in [-0.3, -0.25) is 0 Å². The second-order valence-corrected chi connectivity index (χ2v) is 6.08. The molecule has 1 rings (SSSR count). The van der Waals surface area contributed by atoms with Crippen molar-refractivity contribution in [3.63, 3.8) is 0 Å². The molecule has 1 fully saturated rings. The third-order valence-corrected chi connectivity index (χ3v) is 2.87. The van der Waals surface area contributed by atoms with Crippen LogP contribution in [0, 0.1) is 11.8 Å². The van der Waals surface area contributed by atoms with Crippen LogP contribution in [0.4, 0.5) is 0 Å². The van der Waals surface area contributed by atoms with E-state index in [1.54, 1.807) is 0 Å². The van der Waals surface area contributed by atoms with E-state index in [9.17, 15) is 5.11 Å². The van der Waals surface area contributed by atoms with Gasteiger partial charge in [-0.1, -0.05) is 27.7 Å². The van der Waals surface area contributed by atoms with E-state index in [1.165, 1.54) is 12.8 Å². The predicted octanol–water partition coefficient (Wildman–Crippen LogP) is 2.56. The van der Waals surface area contributed by atoms with Crippen LogP contribution in [0.1, 0.15) is 53.4 Å². The molecule has 0 heterocycles. The first kappa shape index (κ1) is 13.0. The summed E-state index contributed by atoms with van der Waals surface area (Å²) >= 11 is 0. The van der Waals surface area contributed by atoms with Crippen LogP contribution in [0.5, 0.6) is 0 Å². The molecule has 0 bridgehead atoms. The summed E-state index contributed by atoms with van der Waals surface area (Å²) in [6.07, 6.45) is 4.40. The summed E-state index contributed by atoms with van der Waals surface area (Å²) in [5.41, 5.74) is -0.495. The zero-order chi connectivity index (χ0) is 11.5. The molecule has 1 aliphatic rings. The average Bonchev–Trinajstić information content (AvgIpc) is 2.79. The molecule has 0 spiro atoms. The van der Waals surface area contributed by atoms with Crippen molar-refractivity contribution in [3.8, 4) is 0 Å². The van der Waals surface area contributed by atoms with Crippen LogP contribution in [0.25, 0.3) is 0 Å². The van der Waals surface area contributed by atoms with E-state index in [0.29, 0.717) is 17.9 Å². The first-order valence-corrected chi connectivity index (χ1v) is 6.37. The number of aliphatic hydroxyl groups is 1. The van der Waals surface area contributed by atoms with E-state index in [2.05, 4.69) is 33.0 Å². The fourth-order valence-electron chi connectivity index (χ4n) is 2.37. The topological polar surface area (TPSA) is 32.3 Å². The highest BCUT2D eigenvalue weighted by atomic mass is 16.3. The van der Waals surface area contributed by atoms with Gasteiger partial charge in [-0.15, -0.1) is 0 Å². The van der Waals surface area contributed by atoms with Gasteiger partial charge >= 0.3 is 0 Å². The Bertz CT molecular complexity index is 175. The zero-order valence-electron chi connectivity index (χ0n) is 10.7. The van der Waals surface area contributed by atoms with Gasteiger partial charge in [-0.2, -0.15) is 0 Å². The molecule has 0 aliphatic heterocycles. The lowest BCUT2D eigenvalue weighted by molar-refractivity contribution is 0.000934. The quantitative estimate of drug-likeness (QED) is 0.681. The minimum atomic E-state index is -0.495. The molecular formula is C13H27NO. The summed E-state index contributed by atoms with van der Waals surface area (Å²) in [5, 5.41) is 14.0. The lowest BCUT2D eigenvalue weighted by atomic mass is 9.85. The Hall–Kier alpha value is -0.0800. The van der Waals surface area contributed by atoms with Gasteiger partial charge in [0.2, 0.25) is 0 Å². The van der Waals surface area contributed by atoms with E-state index in [0.717, 1.165) is 19.4 Å². The van der Waals surface area contributed by atoms with Crippen molar-refractivity contribution >= 4 is 0 Å². The molecule has 1 saturated carbocycles. The molecule has 0 aromatic carbocycles. The van der Waals surface area contributed by atoms with Gasteiger partial charge in [0.05, 0.1) is 5.60 Å². The lowest BCUT2D eigenvalue weighted by Gasteiger charge is -2.32. The zero-order valence-corrected chi connectivity index (χ0v) is 10.7. The van der Waals surface area contributed by atoms with E-state index in [4.69, 9.17) is 0 Å². The van der Waals surface area contributed by atoms with Crippen molar-refractivity contribution in [1.82, 2.24) is 5.32 Å². The van der Waals surface area contributed by atoms with Crippen LogP contribution < -0.4 is 5.32 Å². The minimum Gasteiger partial charge on any atom is -0.389 e. The summed E-state index contributed by atoms with van der Waals surface area (Å²) in [5.74, 6) is 1.13. The summed E-state index contributed by atoms with van der Waals surface area (Å²) in [7, 11) is 0. The highest BCUT2D eigenvalue weighted by Crippen LogP contribution is 2.26. The van der Waals surface area contributed by atoms with Crippen LogP contribution in [0.15, 0.2) is 0 Å². The molecule has 2 N–H and O–H groups in total. The number of hydrogen-bond acceptors (Lipinski definition) is 2. The number of rotatable bonds is 7. The standard InChI is InChI=1S/C13H27NO/c1-10(2)7-13(15,8-11(3)4)9-14-12-5-6-12/h10-12,14-15H,5-9H2,1-4H3. The Morgan fingerprint density at radius 1 is 1.13 bits per heavy atom. The molecule has 0 saturated heterocycles. The number of nitrogens with one attached hydrogen (secondary N) is 1. The fraction of sp³-hybridized carbons (Fsp3) is 1.00. The van der Waals surface area contributed by atoms with Gasteiger partial charge in [0.15, 0.2) is 0 Å². The van der Waals surface area contributed by atoms with Crippen molar-refractivity contribution in [3.05, 3.63) is 0 Å². The van der Waals surface area contributed by atoms with Gasteiger partial charge in [0.25, 0.3) is 0 Å². The summed E-state index contributed by atoms with van der Waals surface area (Å²) < 4.78 is 0. The minimum absolute atomic E-state index is 0.495. The Labute approximate surface area is 94.5 Å². The molecule has 1 aliphatic carbocycles. The molecule has 90 valence electrons. The van der Waals surface area contributed by atoms with Gasteiger partial charge in [-0.05, 0) is 37.5 Å². The normalized spacial score (nSPS) is 17.8. The molecule has 0 aromatic heterocycles. The molecule has 2 nitrogen and oxygen atoms in total. The second kappa shape index (κ2) is 5.31. The summed E-state index contributed by atoms with van der Waals surface area (Å²) in [6, 6.07) is 0.691. The lowest BCUT2D eigenvalue weighted by Crippen LogP contribution is -2.43. The van der Waals surface area contributed by atoms with Crippen LogP contribution in [-0.4, -0.2) is 23.3 Å².